The van der Waals surface area contributed by atoms with Crippen LogP contribution >= 0.6 is 7.81 Å². The third-order valence-corrected chi connectivity index (χ3v) is 5.57. The Bertz CT molecular complexity index is 468. The van der Waals surface area contributed by atoms with Crippen LogP contribution in [-0.4, -0.2) is 11.8 Å². The van der Waals surface area contributed by atoms with Gasteiger partial charge in [0.2, 0.25) is 0 Å². The summed E-state index contributed by atoms with van der Waals surface area (Å²) in [7, 11) is -10.7. The van der Waals surface area contributed by atoms with Crippen LogP contribution in [0.3, 0.4) is 0 Å². The molecule has 0 aromatic rings. The molecule has 0 N–H and O–H groups in total. The van der Waals surface area contributed by atoms with Crippen LogP contribution in [0.4, 0.5) is 38.4 Å². The van der Waals surface area contributed by atoms with Gasteiger partial charge in [-0.15, -0.1) is 0 Å². The van der Waals surface area contributed by atoms with Crippen molar-refractivity contribution in [2.24, 2.45) is 0 Å². The van der Waals surface area contributed by atoms with Crippen molar-refractivity contribution >= 4 is 20.7 Å². The van der Waals surface area contributed by atoms with Crippen LogP contribution in [0.15, 0.2) is 0 Å². The number of unbranched alkanes of at least 4 members (excludes halogenated alkanes) is 14. The fourth-order valence-corrected chi connectivity index (χ4v) is 3.33. The Labute approximate surface area is 198 Å². The number of hydrogen-bond acceptors (Lipinski definition) is 1. The number of rotatable bonds is 18. The van der Waals surface area contributed by atoms with Crippen LogP contribution in [0.1, 0.15) is 123 Å². The van der Waals surface area contributed by atoms with Gasteiger partial charge in [0, 0.05) is 6.42 Å². The molecule has 0 spiro atoms. The summed E-state index contributed by atoms with van der Waals surface area (Å²) in [6.07, 6.45) is 13.8. The van der Waals surface area contributed by atoms with Crippen molar-refractivity contribution < 1.29 is 42.5 Å². The van der Waals surface area contributed by atoms with Crippen LogP contribution in [0.2, 0.25) is 0 Å². The maximum absolute atomic E-state index is 12.0. The molecule has 0 atom stereocenters. The second-order valence-electron chi connectivity index (χ2n) is 9.24. The predicted molar refractivity (Wildman–Crippen MR) is 123 cm³/mol. The van der Waals surface area contributed by atoms with E-state index in [0.29, 0.717) is 6.42 Å². The van der Waals surface area contributed by atoms with Gasteiger partial charge in [0.05, 0.1) is 0 Å². The van der Waals surface area contributed by atoms with E-state index in [4.69, 9.17) is 4.18 Å². The van der Waals surface area contributed by atoms with E-state index in [2.05, 4.69) is 26.8 Å². The summed E-state index contributed by atoms with van der Waals surface area (Å²) in [6, 6.07) is 0. The van der Waals surface area contributed by atoms with E-state index in [1.165, 1.54) is 70.6 Å². The van der Waals surface area contributed by atoms with Gasteiger partial charge in [-0.05, 0) is 26.7 Å². The fourth-order valence-electron chi connectivity index (χ4n) is 3.23. The van der Waals surface area contributed by atoms with E-state index in [1.54, 1.807) is 0 Å². The summed E-state index contributed by atoms with van der Waals surface area (Å²) in [6.45, 7) is 4.21. The first-order valence-electron chi connectivity index (χ1n) is 11.7. The van der Waals surface area contributed by atoms with Crippen molar-refractivity contribution in [3.8, 4) is 0 Å². The molecule has 12 heteroatoms. The zero-order valence-electron chi connectivity index (χ0n) is 19.8. The van der Waals surface area contributed by atoms with Gasteiger partial charge < -0.3 is 0 Å². The Kier molecular flexibility index (Phi) is 16.3. The Morgan fingerprint density at radius 2 is 0.727 bits per heavy atom. The van der Waals surface area contributed by atoms with E-state index in [9.17, 15) is 38.4 Å². The van der Waals surface area contributed by atoms with Gasteiger partial charge in [0.15, 0.2) is 0 Å². The average molecular weight is 545 g/mol. The van der Waals surface area contributed by atoms with E-state index in [0.717, 1.165) is 25.7 Å². The molecule has 0 radical (unpaired) electrons. The van der Waals surface area contributed by atoms with Crippen LogP contribution < -0.4 is 0 Å². The quantitative estimate of drug-likeness (QED) is 0.0722. The topological polar surface area (TPSA) is 9.23 Å². The second-order valence-corrected chi connectivity index (χ2v) is 11.4. The SMILES string of the molecule is CC(C)(CCCCCCCCCCCCCCCCCC(F)(F)F)O[SH2+].F[P-](F)(F)(F)(F)F. The normalized spacial score (nSPS) is 14.9. The first-order valence-corrected chi connectivity index (χ1v) is 14.1. The van der Waals surface area contributed by atoms with Crippen molar-refractivity contribution in [2.75, 3.05) is 0 Å². The van der Waals surface area contributed by atoms with Gasteiger partial charge in [0.25, 0.3) is 0 Å². The summed E-state index contributed by atoms with van der Waals surface area (Å²) in [5.41, 5.74) is -0.0556. The fraction of sp³-hybridized carbons (Fsp3) is 1.00. The van der Waals surface area contributed by atoms with Gasteiger partial charge in [0.1, 0.15) is 18.5 Å². The van der Waals surface area contributed by atoms with Gasteiger partial charge >= 0.3 is 39.2 Å². The third-order valence-electron chi connectivity index (χ3n) is 5.02. The molecule has 0 bridgehead atoms. The first-order chi connectivity index (χ1) is 14.7. The van der Waals surface area contributed by atoms with Crippen molar-refractivity contribution in [3.63, 3.8) is 0 Å². The summed E-state index contributed by atoms with van der Waals surface area (Å²) in [5.74, 6) is 0. The van der Waals surface area contributed by atoms with E-state index in [1.807, 2.05) is 0 Å². The van der Waals surface area contributed by atoms with Crippen LogP contribution in [0.5, 0.6) is 0 Å². The number of halogens is 9. The van der Waals surface area contributed by atoms with E-state index < -0.39 is 20.4 Å². The molecular formula is C21H42F9OPS. The molecule has 0 aliphatic carbocycles. The van der Waals surface area contributed by atoms with E-state index >= 15 is 0 Å². The van der Waals surface area contributed by atoms with E-state index in [-0.39, 0.29) is 5.60 Å². The molecule has 0 aromatic carbocycles. The Balaban J connectivity index is 0. The van der Waals surface area contributed by atoms with Crippen molar-refractivity contribution in [1.82, 2.24) is 0 Å². The minimum absolute atomic E-state index is 0.0556. The first kappa shape index (κ1) is 35.3. The molecule has 0 unspecified atom stereocenters. The monoisotopic (exact) mass is 544 g/mol. The number of hydrogen-bond donors (Lipinski definition) is 0. The summed E-state index contributed by atoms with van der Waals surface area (Å²) in [5, 5.41) is 0. The van der Waals surface area contributed by atoms with Gasteiger partial charge in [-0.1, -0.05) is 89.9 Å². The van der Waals surface area contributed by atoms with Crippen molar-refractivity contribution in [3.05, 3.63) is 0 Å². The summed E-state index contributed by atoms with van der Waals surface area (Å²) >= 11 is 3.14. The third kappa shape index (κ3) is 46.2. The Morgan fingerprint density at radius 1 is 0.515 bits per heavy atom. The summed E-state index contributed by atoms with van der Waals surface area (Å²) in [4.78, 5) is 0. The molecule has 0 aromatic heterocycles. The molecule has 206 valence electrons. The molecule has 0 rings (SSSR count). The number of alkyl halides is 3. The molecule has 33 heavy (non-hydrogen) atoms. The maximum atomic E-state index is 12.0. The summed E-state index contributed by atoms with van der Waals surface area (Å²) < 4.78 is 100. The van der Waals surface area contributed by atoms with Gasteiger partial charge in [-0.2, -0.15) is 17.4 Å². The van der Waals surface area contributed by atoms with Crippen LogP contribution in [0.25, 0.3) is 0 Å². The molecule has 0 aliphatic rings. The predicted octanol–water partition coefficient (Wildman–Crippen LogP) is 11.3. The minimum atomic E-state index is -10.7. The Morgan fingerprint density at radius 3 is 0.939 bits per heavy atom. The molecule has 0 aliphatic heterocycles. The van der Waals surface area contributed by atoms with Crippen LogP contribution in [-0.2, 0) is 17.1 Å². The van der Waals surface area contributed by atoms with Crippen molar-refractivity contribution in [2.45, 2.75) is 135 Å². The zero-order valence-corrected chi connectivity index (χ0v) is 21.7. The second kappa shape index (κ2) is 15.3. The molecule has 0 fully saturated rings. The Hall–Kier alpha value is 0.110. The van der Waals surface area contributed by atoms with Crippen LogP contribution in [0, 0.1) is 0 Å². The molecule has 0 heterocycles. The van der Waals surface area contributed by atoms with Crippen molar-refractivity contribution in [1.29, 1.82) is 0 Å². The standard InChI is InChI=1S/C21H41F3OS.F6P/c1-20(2,25-26)18-16-14-12-10-8-6-4-3-5-7-9-11-13-15-17-19-21(22,23)24;1-7(2,3,4,5)6/h26H,3-19H2,1-2H3;/q;-1/p+1. The van der Waals surface area contributed by atoms with Gasteiger partial charge in [-0.3, -0.25) is 0 Å². The molecular weight excluding hydrogens is 502 g/mol. The average Bonchev–Trinajstić information content (AvgIpc) is 2.60. The molecule has 0 saturated heterocycles. The van der Waals surface area contributed by atoms with Gasteiger partial charge in [-0.25, -0.2) is 0 Å². The molecule has 1 nitrogen and oxygen atoms in total. The zero-order chi connectivity index (χ0) is 26.1. The molecule has 0 amide bonds. The molecule has 0 saturated carbocycles.